The summed E-state index contributed by atoms with van der Waals surface area (Å²) < 4.78 is 25.1. The molecule has 7 heteroatoms. The zero-order valence-electron chi connectivity index (χ0n) is 18.7. The molecule has 2 unspecified atom stereocenters. The van der Waals surface area contributed by atoms with Gasteiger partial charge in [-0.2, -0.15) is 0 Å². The lowest BCUT2D eigenvalue weighted by Gasteiger charge is -2.32. The minimum absolute atomic E-state index is 0.0574. The second-order valence-electron chi connectivity index (χ2n) is 8.37. The van der Waals surface area contributed by atoms with Gasteiger partial charge in [-0.1, -0.05) is 27.4 Å². The van der Waals surface area contributed by atoms with Gasteiger partial charge in [-0.3, -0.25) is 4.79 Å². The normalized spacial score (nSPS) is 19.6. The topological polar surface area (TPSA) is 72.7 Å². The summed E-state index contributed by atoms with van der Waals surface area (Å²) in [6, 6.07) is 3.43. The molecular formula is C25H28FN3O3. The van der Waals surface area contributed by atoms with Gasteiger partial charge in [-0.15, -0.1) is 0 Å². The Hall–Kier alpha value is -3.48. The Morgan fingerprint density at radius 3 is 2.69 bits per heavy atom. The number of carbonyl (C=O) groups excluding carboxylic acids is 1. The molecule has 0 bridgehead atoms. The molecule has 6 nitrogen and oxygen atoms in total. The van der Waals surface area contributed by atoms with Crippen LogP contribution >= 0.6 is 0 Å². The van der Waals surface area contributed by atoms with Crippen molar-refractivity contribution in [2.45, 2.75) is 39.7 Å². The molecule has 3 heterocycles. The van der Waals surface area contributed by atoms with Gasteiger partial charge >= 0.3 is 0 Å². The van der Waals surface area contributed by atoms with Gasteiger partial charge in [0.05, 0.1) is 12.8 Å². The third kappa shape index (κ3) is 3.79. The van der Waals surface area contributed by atoms with Crippen molar-refractivity contribution < 1.29 is 18.7 Å². The number of hydrogen-bond donors (Lipinski definition) is 2. The van der Waals surface area contributed by atoms with Crippen LogP contribution in [-0.4, -0.2) is 30.3 Å². The summed E-state index contributed by atoms with van der Waals surface area (Å²) in [6.45, 7) is 9.57. The van der Waals surface area contributed by atoms with E-state index in [0.717, 1.165) is 11.3 Å². The molecule has 0 amide bonds. The maximum absolute atomic E-state index is 14.1. The molecule has 3 aliphatic rings. The lowest BCUT2D eigenvalue weighted by atomic mass is 9.81. The largest absolute Gasteiger partial charge is 0.496 e. The predicted molar refractivity (Wildman–Crippen MR) is 122 cm³/mol. The van der Waals surface area contributed by atoms with E-state index in [9.17, 15) is 9.18 Å². The van der Waals surface area contributed by atoms with Crippen LogP contribution in [0.25, 0.3) is 5.70 Å². The highest BCUT2D eigenvalue weighted by Crippen LogP contribution is 2.42. The second-order valence-corrected chi connectivity index (χ2v) is 8.37. The van der Waals surface area contributed by atoms with Crippen LogP contribution in [0.4, 0.5) is 4.39 Å². The summed E-state index contributed by atoms with van der Waals surface area (Å²) in [5.41, 5.74) is 4.07. The number of benzene rings is 1. The van der Waals surface area contributed by atoms with Crippen LogP contribution in [0.15, 0.2) is 66.8 Å². The molecule has 32 heavy (non-hydrogen) atoms. The highest BCUT2D eigenvalue weighted by Gasteiger charge is 2.36. The highest BCUT2D eigenvalue weighted by molar-refractivity contribution is 6.08. The number of fused-ring (bicyclic) bond motifs is 1. The van der Waals surface area contributed by atoms with Crippen molar-refractivity contribution in [2.75, 3.05) is 7.11 Å². The van der Waals surface area contributed by atoms with Crippen molar-refractivity contribution in [3.8, 4) is 11.5 Å². The van der Waals surface area contributed by atoms with Crippen LogP contribution < -0.4 is 20.1 Å². The van der Waals surface area contributed by atoms with Gasteiger partial charge in [0, 0.05) is 41.7 Å². The first kappa shape index (κ1) is 21.7. The number of carbonyl (C=O) groups is 1. The first-order valence-electron chi connectivity index (χ1n) is 10.6. The van der Waals surface area contributed by atoms with E-state index in [1.54, 1.807) is 19.1 Å². The smallest absolute Gasteiger partial charge is 0.238 e. The number of alkyl halides is 1. The molecule has 0 spiro atoms. The molecule has 2 N–H and O–H groups in total. The maximum atomic E-state index is 14.1. The van der Waals surface area contributed by atoms with E-state index in [0.29, 0.717) is 5.75 Å². The number of nitrogens with zero attached hydrogens (tertiary/aromatic N) is 1. The van der Waals surface area contributed by atoms with Gasteiger partial charge in [-0.25, -0.2) is 4.39 Å². The predicted octanol–water partition coefficient (Wildman–Crippen LogP) is 4.60. The van der Waals surface area contributed by atoms with Gasteiger partial charge in [0.1, 0.15) is 23.2 Å². The molecule has 3 aliphatic heterocycles. The summed E-state index contributed by atoms with van der Waals surface area (Å²) in [4.78, 5) is 14.5. The molecule has 0 aromatic heterocycles. The molecule has 0 radical (unpaired) electrons. The monoisotopic (exact) mass is 437 g/mol. The fraction of sp³-hybridized carbons (Fsp3) is 0.320. The summed E-state index contributed by atoms with van der Waals surface area (Å²) in [7, 11) is 1.47. The molecule has 2 atom stereocenters. The van der Waals surface area contributed by atoms with Crippen LogP contribution in [0, 0.1) is 5.41 Å². The fourth-order valence-electron chi connectivity index (χ4n) is 3.92. The minimum Gasteiger partial charge on any atom is -0.496 e. The number of ether oxygens (including phenoxy) is 2. The summed E-state index contributed by atoms with van der Waals surface area (Å²) >= 11 is 0. The van der Waals surface area contributed by atoms with Crippen LogP contribution in [0.5, 0.6) is 11.5 Å². The van der Waals surface area contributed by atoms with E-state index in [1.807, 2.05) is 18.6 Å². The van der Waals surface area contributed by atoms with E-state index in [2.05, 4.69) is 48.1 Å². The molecule has 0 saturated heterocycles. The van der Waals surface area contributed by atoms with Crippen LogP contribution in [-0.2, 0) is 0 Å². The van der Waals surface area contributed by atoms with Crippen molar-refractivity contribution in [1.82, 2.24) is 15.5 Å². The molecule has 168 valence electrons. The molecule has 0 aliphatic carbocycles. The minimum atomic E-state index is -1.54. The number of hydrogen-bond acceptors (Lipinski definition) is 6. The first-order chi connectivity index (χ1) is 15.3. The molecule has 1 aromatic carbocycles. The standard InChI is InChI=1S/C25H28FN3O3/c1-6-18(30)24-19(31-5)10-15(11-20(24)32-22(26)7-2)17-13-28-23-12-16(8-9-29(17)23)25(3,4)21-14-27-21/h6,8-14,22-23,27-28H,1,7H2,2-5H3. The number of halogens is 1. The van der Waals surface area contributed by atoms with Gasteiger partial charge < -0.3 is 25.0 Å². The Morgan fingerprint density at radius 1 is 1.34 bits per heavy atom. The van der Waals surface area contributed by atoms with Gasteiger partial charge in [0.2, 0.25) is 6.36 Å². The summed E-state index contributed by atoms with van der Waals surface area (Å²) in [6.07, 6.45) is 9.95. The van der Waals surface area contributed by atoms with Crippen LogP contribution in [0.2, 0.25) is 0 Å². The third-order valence-corrected chi connectivity index (χ3v) is 5.99. The van der Waals surface area contributed by atoms with Gasteiger partial charge in [0.25, 0.3) is 0 Å². The molecule has 4 rings (SSSR count). The van der Waals surface area contributed by atoms with Crippen molar-refractivity contribution in [1.29, 1.82) is 0 Å². The Labute approximate surface area is 187 Å². The Morgan fingerprint density at radius 2 is 2.06 bits per heavy atom. The number of nitrogens with one attached hydrogen (secondary N) is 2. The van der Waals surface area contributed by atoms with Crippen molar-refractivity contribution in [3.63, 3.8) is 0 Å². The molecule has 0 saturated carbocycles. The molecule has 1 aromatic rings. The molecule has 0 fully saturated rings. The number of rotatable bonds is 9. The average molecular weight is 438 g/mol. The SMILES string of the molecule is C=CC(=O)c1c(OC)cc(C2=CNC3C=C(C(C)(C)C4=CN4)C=CN23)cc1OC(F)CC. The van der Waals surface area contributed by atoms with Crippen molar-refractivity contribution >= 4 is 11.5 Å². The molecular weight excluding hydrogens is 409 g/mol. The average Bonchev–Trinajstić information content (AvgIpc) is 3.58. The Bertz CT molecular complexity index is 1080. The van der Waals surface area contributed by atoms with E-state index < -0.39 is 12.1 Å². The number of allylic oxidation sites excluding steroid dienone is 3. The van der Waals surface area contributed by atoms with Gasteiger partial charge in [0.15, 0.2) is 5.78 Å². The van der Waals surface area contributed by atoms with E-state index in [-0.39, 0.29) is 29.3 Å². The zero-order chi connectivity index (χ0) is 23.0. The first-order valence-corrected chi connectivity index (χ1v) is 10.6. The van der Waals surface area contributed by atoms with E-state index in [1.165, 1.54) is 24.5 Å². The number of methoxy groups -OCH3 is 1. The van der Waals surface area contributed by atoms with Crippen LogP contribution in [0.1, 0.15) is 43.1 Å². The Balaban J connectivity index is 1.69. The quantitative estimate of drug-likeness (QED) is 0.435. The Kier molecular flexibility index (Phi) is 5.59. The fourth-order valence-corrected chi connectivity index (χ4v) is 3.92. The van der Waals surface area contributed by atoms with Gasteiger partial charge in [-0.05, 0) is 35.9 Å². The second kappa shape index (κ2) is 8.22. The van der Waals surface area contributed by atoms with Crippen molar-refractivity contribution in [2.24, 2.45) is 5.41 Å². The van der Waals surface area contributed by atoms with Crippen LogP contribution in [0.3, 0.4) is 0 Å². The maximum Gasteiger partial charge on any atom is 0.238 e. The number of ketones is 1. The summed E-state index contributed by atoms with van der Waals surface area (Å²) in [5.74, 6) is 0.0481. The summed E-state index contributed by atoms with van der Waals surface area (Å²) in [5, 5.41) is 6.59. The lowest BCUT2D eigenvalue weighted by molar-refractivity contribution is 0.0625. The third-order valence-electron chi connectivity index (χ3n) is 5.99. The van der Waals surface area contributed by atoms with E-state index in [4.69, 9.17) is 9.47 Å². The highest BCUT2D eigenvalue weighted by atomic mass is 19.1. The lowest BCUT2D eigenvalue weighted by Crippen LogP contribution is -2.35. The van der Waals surface area contributed by atoms with Crippen molar-refractivity contribution in [3.05, 3.63) is 77.9 Å². The van der Waals surface area contributed by atoms with E-state index >= 15 is 0 Å². The zero-order valence-corrected chi connectivity index (χ0v) is 18.7.